The molecule has 0 spiro atoms. The molecule has 0 radical (unpaired) electrons. The number of hydrogen-bond acceptors (Lipinski definition) is 5. The lowest BCUT2D eigenvalue weighted by Crippen LogP contribution is -2.43. The summed E-state index contributed by atoms with van der Waals surface area (Å²) in [4.78, 5) is 33.1. The van der Waals surface area contributed by atoms with Crippen molar-refractivity contribution in [1.82, 2.24) is 9.80 Å². The molecule has 2 aromatic carbocycles. The van der Waals surface area contributed by atoms with Crippen molar-refractivity contribution in [3.8, 4) is 5.75 Å². The summed E-state index contributed by atoms with van der Waals surface area (Å²) in [6.07, 6.45) is 2.84. The lowest BCUT2D eigenvalue weighted by molar-refractivity contribution is -0.120. The molecule has 2 aliphatic heterocycles. The third-order valence-corrected chi connectivity index (χ3v) is 6.56. The molecule has 1 saturated heterocycles. The second-order valence-corrected chi connectivity index (χ2v) is 9.02. The number of likely N-dealkylation sites (tertiary alicyclic amines) is 1. The van der Waals surface area contributed by atoms with E-state index < -0.39 is 0 Å². The van der Waals surface area contributed by atoms with Crippen LogP contribution in [0, 0.1) is 6.92 Å². The Morgan fingerprint density at radius 2 is 1.61 bits per heavy atom. The maximum absolute atomic E-state index is 13.7. The molecule has 4 rings (SSSR count). The van der Waals surface area contributed by atoms with Gasteiger partial charge in [-0.2, -0.15) is 0 Å². The van der Waals surface area contributed by atoms with Gasteiger partial charge in [-0.05, 0) is 76.2 Å². The van der Waals surface area contributed by atoms with Crippen molar-refractivity contribution >= 4 is 23.1 Å². The summed E-state index contributed by atoms with van der Waals surface area (Å²) in [6.45, 7) is 6.65. The Kier molecular flexibility index (Phi) is 6.84. The van der Waals surface area contributed by atoms with Crippen molar-refractivity contribution in [2.45, 2.75) is 39.2 Å². The predicted octanol–water partition coefficient (Wildman–Crippen LogP) is 4.09. The van der Waals surface area contributed by atoms with E-state index in [4.69, 9.17) is 4.74 Å². The fraction of sp³-hybridized carbons (Fsp3) is 0.407. The molecule has 33 heavy (non-hydrogen) atoms. The number of ether oxygens (including phenoxy) is 1. The number of anilines is 1. The van der Waals surface area contributed by atoms with Crippen molar-refractivity contribution < 1.29 is 14.3 Å². The van der Waals surface area contributed by atoms with Crippen LogP contribution >= 0.6 is 0 Å². The Labute approximate surface area is 196 Å². The van der Waals surface area contributed by atoms with Gasteiger partial charge in [0.15, 0.2) is 0 Å². The number of benzene rings is 2. The molecular formula is C27H33N3O3. The first-order valence-corrected chi connectivity index (χ1v) is 11.7. The molecule has 0 N–H and O–H groups in total. The highest BCUT2D eigenvalue weighted by Gasteiger charge is 2.43. The first-order chi connectivity index (χ1) is 15.9. The molecule has 0 aliphatic carbocycles. The average molecular weight is 448 g/mol. The molecule has 2 amide bonds. The van der Waals surface area contributed by atoms with Gasteiger partial charge in [-0.1, -0.05) is 36.8 Å². The maximum Gasteiger partial charge on any atom is 0.282 e. The first kappa shape index (κ1) is 23.1. The fourth-order valence-electron chi connectivity index (χ4n) is 4.54. The van der Waals surface area contributed by atoms with Gasteiger partial charge < -0.3 is 14.5 Å². The van der Waals surface area contributed by atoms with Crippen molar-refractivity contribution in [2.75, 3.05) is 38.7 Å². The summed E-state index contributed by atoms with van der Waals surface area (Å²) in [5.74, 6) is 0.228. The van der Waals surface area contributed by atoms with Gasteiger partial charge in [0.1, 0.15) is 11.4 Å². The summed E-state index contributed by atoms with van der Waals surface area (Å²) in [7, 11) is 4.07. The molecule has 0 unspecified atom stereocenters. The number of piperidine rings is 1. The summed E-state index contributed by atoms with van der Waals surface area (Å²) < 4.78 is 5.71. The Morgan fingerprint density at radius 3 is 2.21 bits per heavy atom. The van der Waals surface area contributed by atoms with E-state index in [-0.39, 0.29) is 17.9 Å². The molecule has 174 valence electrons. The Bertz CT molecular complexity index is 1040. The van der Waals surface area contributed by atoms with Crippen LogP contribution in [0.4, 0.5) is 5.69 Å². The second kappa shape index (κ2) is 9.79. The van der Waals surface area contributed by atoms with Gasteiger partial charge in [0, 0.05) is 13.1 Å². The largest absolute Gasteiger partial charge is 0.494 e. The lowest BCUT2D eigenvalue weighted by atomic mass is 10.00. The van der Waals surface area contributed by atoms with Crippen molar-refractivity contribution in [2.24, 2.45) is 0 Å². The van der Waals surface area contributed by atoms with Crippen molar-refractivity contribution in [3.63, 3.8) is 0 Å². The molecule has 0 atom stereocenters. The van der Waals surface area contributed by atoms with E-state index in [9.17, 15) is 9.59 Å². The summed E-state index contributed by atoms with van der Waals surface area (Å²) in [5.41, 5.74) is 3.36. The topological polar surface area (TPSA) is 53.1 Å². The van der Waals surface area contributed by atoms with Crippen LogP contribution < -0.4 is 9.64 Å². The fourth-order valence-corrected chi connectivity index (χ4v) is 4.54. The van der Waals surface area contributed by atoms with Crippen LogP contribution in [-0.2, 0) is 9.59 Å². The zero-order valence-corrected chi connectivity index (χ0v) is 20.0. The number of hydrogen-bond donors (Lipinski definition) is 0. The van der Waals surface area contributed by atoms with Crippen molar-refractivity contribution in [1.29, 1.82) is 0 Å². The van der Waals surface area contributed by atoms with Crippen LogP contribution in [0.15, 0.2) is 54.2 Å². The quantitative estimate of drug-likeness (QED) is 0.599. The van der Waals surface area contributed by atoms with Gasteiger partial charge >= 0.3 is 0 Å². The Balaban J connectivity index is 1.73. The van der Waals surface area contributed by atoms with Gasteiger partial charge in [0.25, 0.3) is 11.8 Å². The minimum absolute atomic E-state index is 0.216. The average Bonchev–Trinajstić information content (AvgIpc) is 3.08. The molecule has 2 aromatic rings. The molecule has 0 aromatic heterocycles. The van der Waals surface area contributed by atoms with Gasteiger partial charge in [-0.15, -0.1) is 0 Å². The molecule has 0 saturated carbocycles. The Hall–Kier alpha value is -3.12. The minimum Gasteiger partial charge on any atom is -0.494 e. The van der Waals surface area contributed by atoms with Gasteiger partial charge in [-0.25, -0.2) is 4.90 Å². The normalized spacial score (nSPS) is 17.8. The molecule has 2 aliphatic rings. The number of carbonyl (C=O) groups excluding carboxylic acids is 2. The highest BCUT2D eigenvalue weighted by atomic mass is 16.5. The van der Waals surface area contributed by atoms with E-state index in [0.717, 1.165) is 49.2 Å². The van der Waals surface area contributed by atoms with Crippen LogP contribution in [0.2, 0.25) is 0 Å². The van der Waals surface area contributed by atoms with E-state index in [1.165, 1.54) is 4.90 Å². The van der Waals surface area contributed by atoms with E-state index in [1.54, 1.807) is 0 Å². The minimum atomic E-state index is -0.277. The smallest absolute Gasteiger partial charge is 0.282 e. The number of likely N-dealkylation sites (N-methyl/N-ethyl adjacent to an activating group) is 1. The van der Waals surface area contributed by atoms with Crippen LogP contribution in [0.1, 0.15) is 37.3 Å². The summed E-state index contributed by atoms with van der Waals surface area (Å²) in [6, 6.07) is 15.2. The highest BCUT2D eigenvalue weighted by Crippen LogP contribution is 2.36. The number of aryl methyl sites for hydroxylation is 1. The maximum atomic E-state index is 13.7. The summed E-state index contributed by atoms with van der Waals surface area (Å²) in [5, 5.41) is 0. The van der Waals surface area contributed by atoms with E-state index in [1.807, 2.05) is 67.4 Å². The molecular weight excluding hydrogens is 414 g/mol. The van der Waals surface area contributed by atoms with Crippen molar-refractivity contribution in [3.05, 3.63) is 65.4 Å². The molecule has 0 bridgehead atoms. The third kappa shape index (κ3) is 4.67. The number of imide groups is 1. The SMILES string of the molecule is CCCOc1ccc(C2=C(N(C)C3CCN(C)CC3)C(=O)N(c3ccc(C)cc3)C2=O)cc1. The zero-order valence-electron chi connectivity index (χ0n) is 20.0. The molecule has 2 heterocycles. The lowest BCUT2D eigenvalue weighted by Gasteiger charge is -2.36. The number of amides is 2. The number of rotatable bonds is 7. The zero-order chi connectivity index (χ0) is 23.5. The van der Waals surface area contributed by atoms with E-state index >= 15 is 0 Å². The van der Waals surface area contributed by atoms with E-state index in [0.29, 0.717) is 23.6 Å². The van der Waals surface area contributed by atoms with Crippen LogP contribution in [0.5, 0.6) is 5.75 Å². The highest BCUT2D eigenvalue weighted by molar-refractivity contribution is 6.45. The standard InChI is InChI=1S/C27H33N3O3/c1-5-18-33-23-12-8-20(9-13-23)24-25(29(4)21-14-16-28(3)17-15-21)27(32)30(26(24)31)22-10-6-19(2)7-11-22/h6-13,21H,5,14-18H2,1-4H3. The second-order valence-electron chi connectivity index (χ2n) is 9.02. The molecule has 6 heteroatoms. The van der Waals surface area contributed by atoms with Gasteiger partial charge in [0.05, 0.1) is 17.9 Å². The van der Waals surface area contributed by atoms with Crippen LogP contribution in [0.25, 0.3) is 5.57 Å². The molecule has 1 fully saturated rings. The monoisotopic (exact) mass is 447 g/mol. The number of carbonyl (C=O) groups is 2. The van der Waals surface area contributed by atoms with E-state index in [2.05, 4.69) is 18.9 Å². The Morgan fingerprint density at radius 1 is 0.970 bits per heavy atom. The molecule has 6 nitrogen and oxygen atoms in total. The van der Waals surface area contributed by atoms with Crippen LogP contribution in [-0.4, -0.2) is 61.4 Å². The summed E-state index contributed by atoms with van der Waals surface area (Å²) >= 11 is 0. The number of nitrogens with zero attached hydrogens (tertiary/aromatic N) is 3. The van der Waals surface area contributed by atoms with Gasteiger partial charge in [-0.3, -0.25) is 9.59 Å². The van der Waals surface area contributed by atoms with Crippen LogP contribution in [0.3, 0.4) is 0 Å². The predicted molar refractivity (Wildman–Crippen MR) is 131 cm³/mol. The first-order valence-electron chi connectivity index (χ1n) is 11.7. The van der Waals surface area contributed by atoms with Gasteiger partial charge in [0.2, 0.25) is 0 Å². The third-order valence-electron chi connectivity index (χ3n) is 6.56.